The predicted molar refractivity (Wildman–Crippen MR) is 76.5 cm³/mol. The lowest BCUT2D eigenvalue weighted by Crippen LogP contribution is -2.22. The summed E-state index contributed by atoms with van der Waals surface area (Å²) < 4.78 is 3.29. The topological polar surface area (TPSA) is 43.2 Å². The summed E-state index contributed by atoms with van der Waals surface area (Å²) >= 11 is 1.76. The Morgan fingerprint density at radius 3 is 2.72 bits per heavy atom. The first-order valence-electron chi connectivity index (χ1n) is 5.79. The van der Waals surface area contributed by atoms with E-state index >= 15 is 0 Å². The number of hydrogen-bond acceptors (Lipinski definition) is 2. The second-order valence-corrected chi connectivity index (χ2v) is 5.64. The molecule has 0 saturated carbocycles. The van der Waals surface area contributed by atoms with Gasteiger partial charge in [0.2, 0.25) is 16.6 Å². The molecule has 0 radical (unpaired) electrons. The van der Waals surface area contributed by atoms with Crippen LogP contribution in [0.4, 0.5) is 5.69 Å². The maximum Gasteiger partial charge on any atom is 0.221 e. The average Bonchev–Trinajstić information content (AvgIpc) is 2.35. The molecule has 0 unspecified atom stereocenters. The van der Waals surface area contributed by atoms with Gasteiger partial charge in [-0.1, -0.05) is 0 Å². The third kappa shape index (κ3) is 1.84. The van der Waals surface area contributed by atoms with Crippen molar-refractivity contribution in [1.29, 1.82) is 0 Å². The smallest absolute Gasteiger partial charge is 0.221 e. The summed E-state index contributed by atoms with van der Waals surface area (Å²) in [5, 5.41) is 1.20. The summed E-state index contributed by atoms with van der Waals surface area (Å²) in [5.41, 5.74) is 8.91. The number of H-pyrrole nitrogens is 1. The number of rotatable bonds is 0. The molecule has 0 bridgehead atoms. The molecule has 0 aromatic heterocycles. The lowest BCUT2D eigenvalue weighted by Gasteiger charge is -2.00. The van der Waals surface area contributed by atoms with Crippen molar-refractivity contribution in [3.05, 3.63) is 41.8 Å². The molecule has 3 nitrogen and oxygen atoms in total. The van der Waals surface area contributed by atoms with Crippen molar-refractivity contribution in [2.45, 2.75) is 0 Å². The van der Waals surface area contributed by atoms with E-state index in [4.69, 9.17) is 5.73 Å². The molecule has 90 valence electrons. The summed E-state index contributed by atoms with van der Waals surface area (Å²) in [6, 6.07) is 12.4. The van der Waals surface area contributed by atoms with Crippen LogP contribution in [-0.4, -0.2) is 14.1 Å². The highest BCUT2D eigenvalue weighted by molar-refractivity contribution is 7.21. The van der Waals surface area contributed by atoms with Gasteiger partial charge in [0.25, 0.3) is 0 Å². The molecular weight excluding hydrogens is 242 g/mol. The number of fused-ring (bicyclic) bond motifs is 2. The van der Waals surface area contributed by atoms with Crippen molar-refractivity contribution in [2.24, 2.45) is 0 Å². The Balaban J connectivity index is 2.40. The molecule has 0 spiro atoms. The molecule has 3 N–H and O–H groups in total. The highest BCUT2D eigenvalue weighted by Crippen LogP contribution is 2.27. The van der Waals surface area contributed by atoms with Crippen LogP contribution in [0.2, 0.25) is 0 Å². The van der Waals surface area contributed by atoms with Crippen LogP contribution in [0.1, 0.15) is 0 Å². The molecule has 4 heteroatoms. The van der Waals surface area contributed by atoms with Gasteiger partial charge in [0, 0.05) is 30.0 Å². The van der Waals surface area contributed by atoms with Crippen LogP contribution in [0.15, 0.2) is 36.4 Å². The van der Waals surface area contributed by atoms with Crippen molar-refractivity contribution in [2.75, 3.05) is 19.8 Å². The van der Waals surface area contributed by atoms with E-state index in [9.17, 15) is 0 Å². The standard InChI is InChI=1S/C14H13N3S/c1-17(2)10-4-6-12-14(8-10)18-13-7-9(15)3-5-11(13)16-12/h3-8,15H,1-2H3/p+2. The van der Waals surface area contributed by atoms with E-state index in [0.717, 1.165) is 16.9 Å². The minimum absolute atomic E-state index is 0.801. The molecule has 1 aliphatic carbocycles. The first-order valence-corrected chi connectivity index (χ1v) is 6.61. The van der Waals surface area contributed by atoms with Crippen molar-refractivity contribution >= 4 is 27.2 Å². The molecular formula is C14H15N3S+2. The third-order valence-corrected chi connectivity index (χ3v) is 4.09. The number of anilines is 1. The highest BCUT2D eigenvalue weighted by Gasteiger charge is 2.14. The van der Waals surface area contributed by atoms with Gasteiger partial charge in [-0.3, -0.25) is 0 Å². The number of hydrogen-bond donors (Lipinski definition) is 1. The second kappa shape index (κ2) is 4.07. The van der Waals surface area contributed by atoms with E-state index in [0.29, 0.717) is 0 Å². The molecule has 0 fully saturated rings. The fourth-order valence-corrected chi connectivity index (χ4v) is 3.04. The summed E-state index contributed by atoms with van der Waals surface area (Å²) in [6.45, 7) is 0. The van der Waals surface area contributed by atoms with Crippen LogP contribution in [0.25, 0.3) is 20.8 Å². The number of benzene rings is 2. The van der Waals surface area contributed by atoms with Crippen LogP contribution in [0.3, 0.4) is 0 Å². The fraction of sp³-hybridized carbons (Fsp3) is 0.143. The molecule has 0 atom stereocenters. The van der Waals surface area contributed by atoms with E-state index in [1.54, 1.807) is 11.3 Å². The summed E-state index contributed by atoms with van der Waals surface area (Å²) in [5.74, 6) is 0. The van der Waals surface area contributed by atoms with Crippen molar-refractivity contribution < 1.29 is 4.98 Å². The van der Waals surface area contributed by atoms with Gasteiger partial charge >= 0.3 is 0 Å². The average molecular weight is 257 g/mol. The maximum absolute atomic E-state index is 5.83. The van der Waals surface area contributed by atoms with Gasteiger partial charge in [-0.25, -0.2) is 9.56 Å². The molecule has 3 rings (SSSR count). The number of nitrogens with two attached hydrogens (primary N) is 1. The molecule has 1 aromatic rings. The normalized spacial score (nSPS) is 11.0. The second-order valence-electron chi connectivity index (χ2n) is 4.56. The lowest BCUT2D eigenvalue weighted by molar-refractivity contribution is -0.330. The van der Waals surface area contributed by atoms with Crippen molar-refractivity contribution in [3.63, 3.8) is 0 Å². The Hall–Kier alpha value is -1.94. The first kappa shape index (κ1) is 11.2. The molecule has 0 amide bonds. The Morgan fingerprint density at radius 1 is 1.11 bits per heavy atom. The van der Waals surface area contributed by atoms with Crippen LogP contribution < -0.4 is 20.7 Å². The van der Waals surface area contributed by atoms with E-state index in [-0.39, 0.29) is 0 Å². The van der Waals surface area contributed by atoms with E-state index in [1.165, 1.54) is 14.9 Å². The summed E-state index contributed by atoms with van der Waals surface area (Å²) in [4.78, 5) is 4.67. The van der Waals surface area contributed by atoms with Gasteiger partial charge in [0.15, 0.2) is 0 Å². The number of aromatic nitrogens is 1. The van der Waals surface area contributed by atoms with E-state index < -0.39 is 0 Å². The predicted octanol–water partition coefficient (Wildman–Crippen LogP) is 1.43. The largest absolute Gasteiger partial charge is 0.399 e. The molecule has 0 saturated heterocycles. The number of nitrogens with one attached hydrogen (secondary N) is 1. The van der Waals surface area contributed by atoms with Gasteiger partial charge in [-0.05, 0) is 12.1 Å². The van der Waals surface area contributed by atoms with Gasteiger partial charge in [0.1, 0.15) is 23.7 Å². The molecule has 18 heavy (non-hydrogen) atoms. The zero-order chi connectivity index (χ0) is 12.7. The lowest BCUT2D eigenvalue weighted by atomic mass is 10.2. The number of aromatic amines is 1. The molecule has 2 aliphatic rings. The maximum atomic E-state index is 5.83. The van der Waals surface area contributed by atoms with Crippen LogP contribution in [-0.2, 0) is 0 Å². The minimum Gasteiger partial charge on any atom is -0.399 e. The van der Waals surface area contributed by atoms with Gasteiger partial charge in [0.05, 0.1) is 0 Å². The third-order valence-electron chi connectivity index (χ3n) is 2.98. The van der Waals surface area contributed by atoms with Crippen molar-refractivity contribution in [1.82, 2.24) is 4.58 Å². The Bertz CT molecular complexity index is 770. The molecule has 1 aliphatic heterocycles. The number of nitrogen functional groups attached to an aromatic ring is 1. The van der Waals surface area contributed by atoms with E-state index in [1.807, 2.05) is 18.2 Å². The Kier molecular flexibility index (Phi) is 2.52. The zero-order valence-electron chi connectivity index (χ0n) is 10.4. The van der Waals surface area contributed by atoms with Crippen LogP contribution in [0, 0.1) is 0 Å². The van der Waals surface area contributed by atoms with Crippen LogP contribution in [0.5, 0.6) is 0 Å². The summed E-state index contributed by atoms with van der Waals surface area (Å²) in [6.07, 6.45) is 0. The zero-order valence-corrected chi connectivity index (χ0v) is 11.2. The van der Waals surface area contributed by atoms with Crippen LogP contribution >= 0.6 is 11.3 Å². The van der Waals surface area contributed by atoms with E-state index in [2.05, 4.69) is 41.9 Å². The molecule has 1 heterocycles. The fourth-order valence-electron chi connectivity index (χ4n) is 1.97. The Labute approximate surface area is 109 Å². The Morgan fingerprint density at radius 2 is 1.94 bits per heavy atom. The minimum atomic E-state index is 0.801. The van der Waals surface area contributed by atoms with Gasteiger partial charge in [-0.15, -0.1) is 11.3 Å². The van der Waals surface area contributed by atoms with Crippen molar-refractivity contribution in [3.8, 4) is 10.6 Å². The summed E-state index contributed by atoms with van der Waals surface area (Å²) in [7, 11) is 4.10. The number of nitrogens with zero attached hydrogens (tertiary/aromatic N) is 1. The SMILES string of the molecule is C[N+](C)=c1ccc2[nH+]c3ccc(N)cc3sc-2c1. The van der Waals surface area contributed by atoms with Gasteiger partial charge in [-0.2, -0.15) is 0 Å². The highest BCUT2D eigenvalue weighted by atomic mass is 32.1. The quantitative estimate of drug-likeness (QED) is 0.369. The molecule has 1 aromatic carbocycles. The van der Waals surface area contributed by atoms with Gasteiger partial charge < -0.3 is 5.73 Å². The first-order chi connectivity index (χ1) is 8.63. The monoisotopic (exact) mass is 257 g/mol.